The van der Waals surface area contributed by atoms with Gasteiger partial charge in [-0.25, -0.2) is 4.79 Å². The molecule has 1 heterocycles. The van der Waals surface area contributed by atoms with Crippen LogP contribution >= 0.6 is 0 Å². The predicted molar refractivity (Wildman–Crippen MR) is 45.4 cm³/mol. The summed E-state index contributed by atoms with van der Waals surface area (Å²) in [6.07, 6.45) is 3.42. The first kappa shape index (κ1) is 9.92. The van der Waals surface area contributed by atoms with E-state index in [9.17, 15) is 9.59 Å². The average Bonchev–Trinajstić information content (AvgIpc) is 2.54. The largest absolute Gasteiger partial charge is 0.478 e. The normalized spacial score (nSPS) is 28.8. The van der Waals surface area contributed by atoms with E-state index in [0.717, 1.165) is 6.42 Å². The monoisotopic (exact) mass is 184 g/mol. The molecule has 0 bridgehead atoms. The molecule has 0 radical (unpaired) electrons. The Morgan fingerprint density at radius 2 is 2.31 bits per heavy atom. The first-order chi connectivity index (χ1) is 6.09. The number of aldehydes is 1. The van der Waals surface area contributed by atoms with Crippen LogP contribution in [0.15, 0.2) is 11.6 Å². The Morgan fingerprint density at radius 3 is 2.69 bits per heavy atom. The topological polar surface area (TPSA) is 63.6 Å². The maximum atomic E-state index is 10.7. The molecule has 1 fully saturated rings. The number of carbonyl (C=O) groups is 2. The lowest BCUT2D eigenvalue weighted by Crippen LogP contribution is -2.27. The van der Waals surface area contributed by atoms with Crippen LogP contribution in [0.2, 0.25) is 0 Å². The molecule has 1 aliphatic rings. The van der Waals surface area contributed by atoms with Crippen molar-refractivity contribution < 1.29 is 19.4 Å². The molecule has 1 saturated heterocycles. The molecule has 0 saturated carbocycles. The van der Waals surface area contributed by atoms with Gasteiger partial charge in [0, 0.05) is 12.2 Å². The molecule has 0 amide bonds. The van der Waals surface area contributed by atoms with E-state index in [1.807, 2.05) is 0 Å². The number of aliphatic carboxylic acids is 1. The lowest BCUT2D eigenvalue weighted by atomic mass is 9.99. The van der Waals surface area contributed by atoms with Crippen LogP contribution in [0.3, 0.4) is 0 Å². The molecule has 0 aromatic rings. The van der Waals surface area contributed by atoms with E-state index in [2.05, 4.69) is 0 Å². The van der Waals surface area contributed by atoms with Crippen molar-refractivity contribution in [2.75, 3.05) is 6.61 Å². The molecule has 13 heavy (non-hydrogen) atoms. The summed E-state index contributed by atoms with van der Waals surface area (Å²) in [7, 11) is 0. The minimum atomic E-state index is -1.02. The summed E-state index contributed by atoms with van der Waals surface area (Å²) in [5, 5.41) is 8.61. The fraction of sp³-hybridized carbons (Fsp3) is 0.556. The van der Waals surface area contributed by atoms with Gasteiger partial charge in [-0.3, -0.25) is 4.79 Å². The Balaban J connectivity index is 2.84. The van der Waals surface area contributed by atoms with Gasteiger partial charge in [-0.05, 0) is 25.8 Å². The highest BCUT2D eigenvalue weighted by Crippen LogP contribution is 2.26. The van der Waals surface area contributed by atoms with Crippen LogP contribution in [0.25, 0.3) is 0 Å². The molecule has 72 valence electrons. The van der Waals surface area contributed by atoms with Crippen LogP contribution in [0.5, 0.6) is 0 Å². The number of carbonyl (C=O) groups excluding carboxylic acids is 1. The van der Waals surface area contributed by atoms with E-state index in [0.29, 0.717) is 19.3 Å². The van der Waals surface area contributed by atoms with Crippen LogP contribution in [0.4, 0.5) is 0 Å². The van der Waals surface area contributed by atoms with Crippen LogP contribution in [0.1, 0.15) is 19.8 Å². The Labute approximate surface area is 76.2 Å². The Bertz CT molecular complexity index is 248. The quantitative estimate of drug-likeness (QED) is 0.519. The zero-order valence-corrected chi connectivity index (χ0v) is 7.45. The maximum absolute atomic E-state index is 10.7. The molecule has 4 heteroatoms. The van der Waals surface area contributed by atoms with E-state index in [-0.39, 0.29) is 5.57 Å². The average molecular weight is 184 g/mol. The predicted octanol–water partition coefficient (Wildman–Crippen LogP) is 0.765. The van der Waals surface area contributed by atoms with Crippen molar-refractivity contribution in [2.24, 2.45) is 0 Å². The summed E-state index contributed by atoms with van der Waals surface area (Å²) in [4.78, 5) is 21.2. The van der Waals surface area contributed by atoms with Gasteiger partial charge in [-0.1, -0.05) is 0 Å². The molecular weight excluding hydrogens is 172 g/mol. The second-order valence-corrected chi connectivity index (χ2v) is 3.16. The number of carboxylic acids is 1. The minimum absolute atomic E-state index is 0.147. The third-order valence-electron chi connectivity index (χ3n) is 2.08. The zero-order chi connectivity index (χ0) is 9.90. The number of carboxylic acid groups (broad SMARTS) is 1. The van der Waals surface area contributed by atoms with E-state index in [1.54, 1.807) is 0 Å². The Morgan fingerprint density at radius 1 is 1.62 bits per heavy atom. The van der Waals surface area contributed by atoms with Gasteiger partial charge in [0.05, 0.1) is 0 Å². The van der Waals surface area contributed by atoms with Gasteiger partial charge in [-0.2, -0.15) is 0 Å². The Kier molecular flexibility index (Phi) is 2.83. The van der Waals surface area contributed by atoms with Crippen molar-refractivity contribution in [1.29, 1.82) is 0 Å². The van der Waals surface area contributed by atoms with Crippen LogP contribution in [-0.2, 0) is 14.3 Å². The molecule has 1 aliphatic heterocycles. The molecule has 1 rings (SSSR count). The van der Waals surface area contributed by atoms with Crippen molar-refractivity contribution in [3.05, 3.63) is 11.6 Å². The van der Waals surface area contributed by atoms with Gasteiger partial charge in [0.2, 0.25) is 0 Å². The minimum Gasteiger partial charge on any atom is -0.478 e. The van der Waals surface area contributed by atoms with Crippen LogP contribution in [-0.4, -0.2) is 29.6 Å². The van der Waals surface area contributed by atoms with Crippen molar-refractivity contribution in [3.63, 3.8) is 0 Å². The third-order valence-corrected chi connectivity index (χ3v) is 2.08. The number of hydrogen-bond donors (Lipinski definition) is 1. The summed E-state index contributed by atoms with van der Waals surface area (Å²) in [6.45, 7) is 1.97. The van der Waals surface area contributed by atoms with Gasteiger partial charge in [0.15, 0.2) is 6.29 Å². The van der Waals surface area contributed by atoms with Crippen molar-refractivity contribution >= 4 is 12.3 Å². The van der Waals surface area contributed by atoms with E-state index < -0.39 is 11.6 Å². The molecule has 1 N–H and O–H groups in total. The molecule has 1 unspecified atom stereocenters. The third kappa shape index (κ3) is 2.15. The fourth-order valence-electron chi connectivity index (χ4n) is 1.35. The highest BCUT2D eigenvalue weighted by molar-refractivity contribution is 5.87. The molecular formula is C9H12O4. The van der Waals surface area contributed by atoms with Gasteiger partial charge < -0.3 is 9.84 Å². The Hall–Kier alpha value is -1.16. The first-order valence-corrected chi connectivity index (χ1v) is 4.13. The van der Waals surface area contributed by atoms with E-state index in [4.69, 9.17) is 9.84 Å². The molecule has 4 nitrogen and oxygen atoms in total. The van der Waals surface area contributed by atoms with Crippen LogP contribution in [0, 0.1) is 0 Å². The highest BCUT2D eigenvalue weighted by Gasteiger charge is 2.33. The molecule has 0 aromatic carbocycles. The van der Waals surface area contributed by atoms with Crippen molar-refractivity contribution in [3.8, 4) is 0 Å². The first-order valence-electron chi connectivity index (χ1n) is 4.13. The van der Waals surface area contributed by atoms with Gasteiger partial charge >= 0.3 is 5.97 Å². The van der Waals surface area contributed by atoms with Gasteiger partial charge in [-0.15, -0.1) is 0 Å². The summed E-state index contributed by atoms with van der Waals surface area (Å²) >= 11 is 0. The summed E-state index contributed by atoms with van der Waals surface area (Å²) in [6, 6.07) is 0. The van der Waals surface area contributed by atoms with E-state index >= 15 is 0 Å². The second-order valence-electron chi connectivity index (χ2n) is 3.16. The van der Waals surface area contributed by atoms with Crippen LogP contribution < -0.4 is 0 Å². The fourth-order valence-corrected chi connectivity index (χ4v) is 1.35. The van der Waals surface area contributed by atoms with E-state index in [1.165, 1.54) is 13.0 Å². The number of rotatable bonds is 3. The summed E-state index contributed by atoms with van der Waals surface area (Å²) in [5.74, 6) is -1.02. The zero-order valence-electron chi connectivity index (χ0n) is 7.45. The SMILES string of the molecule is CC(=CC1(C=O)CCCO1)C(=O)O. The molecule has 0 aromatic heterocycles. The maximum Gasteiger partial charge on any atom is 0.331 e. The lowest BCUT2D eigenvalue weighted by Gasteiger charge is -2.16. The lowest BCUT2D eigenvalue weighted by molar-refractivity contribution is -0.132. The molecule has 1 atom stereocenters. The number of hydrogen-bond acceptors (Lipinski definition) is 3. The molecule has 0 spiro atoms. The second kappa shape index (κ2) is 3.70. The smallest absolute Gasteiger partial charge is 0.331 e. The van der Waals surface area contributed by atoms with Crippen molar-refractivity contribution in [2.45, 2.75) is 25.4 Å². The summed E-state index contributed by atoms with van der Waals surface area (Å²) in [5.41, 5.74) is -0.836. The standard InChI is InChI=1S/C9H12O4/c1-7(8(11)12)5-9(6-10)3-2-4-13-9/h5-6H,2-4H2,1H3,(H,11,12). The van der Waals surface area contributed by atoms with Gasteiger partial charge in [0.25, 0.3) is 0 Å². The molecule has 0 aliphatic carbocycles. The number of ether oxygens (including phenoxy) is 1. The van der Waals surface area contributed by atoms with Crippen molar-refractivity contribution in [1.82, 2.24) is 0 Å². The highest BCUT2D eigenvalue weighted by atomic mass is 16.5. The van der Waals surface area contributed by atoms with Gasteiger partial charge in [0.1, 0.15) is 5.60 Å². The summed E-state index contributed by atoms with van der Waals surface area (Å²) < 4.78 is 5.20.